The Bertz CT molecular complexity index is 1300. The highest BCUT2D eigenvalue weighted by Crippen LogP contribution is 2.20. The van der Waals surface area contributed by atoms with Crippen LogP contribution in [0.1, 0.15) is 0 Å². The highest BCUT2D eigenvalue weighted by molar-refractivity contribution is 5.69. The van der Waals surface area contributed by atoms with Crippen molar-refractivity contribution in [1.29, 1.82) is 0 Å². The molecule has 1 aromatic carbocycles. The maximum Gasteiger partial charge on any atom is 0.332 e. The van der Waals surface area contributed by atoms with E-state index in [0.717, 1.165) is 43.0 Å². The van der Waals surface area contributed by atoms with E-state index in [-0.39, 0.29) is 16.9 Å². The topological polar surface area (TPSA) is 175 Å². The fourth-order valence-corrected chi connectivity index (χ4v) is 3.83. The molecule has 2 aromatic heterocycles. The molecule has 0 bridgehead atoms. The molecule has 15 heteroatoms. The Kier molecular flexibility index (Phi) is 7.25. The van der Waals surface area contributed by atoms with E-state index in [9.17, 15) is 19.7 Å². The fraction of sp³-hybridized carbons (Fsp3) is 0.421. The number of nitro groups is 1. The second-order valence-electron chi connectivity index (χ2n) is 7.66. The molecule has 0 radical (unpaired) electrons. The van der Waals surface area contributed by atoms with Gasteiger partial charge in [0, 0.05) is 71.2 Å². The number of aryl methyl sites for hydroxylation is 1. The van der Waals surface area contributed by atoms with Crippen molar-refractivity contribution in [3.63, 3.8) is 0 Å². The summed E-state index contributed by atoms with van der Waals surface area (Å²) in [4.78, 5) is 52.1. The average molecular weight is 476 g/mol. The predicted octanol–water partition coefficient (Wildman–Crippen LogP) is -0.184. The number of hydrogen-bond acceptors (Lipinski definition) is 9. The third kappa shape index (κ3) is 5.20. The Labute approximate surface area is 191 Å². The number of fused-ring (bicyclic) bond motifs is 1. The van der Waals surface area contributed by atoms with Crippen LogP contribution in [0.5, 0.6) is 0 Å². The van der Waals surface area contributed by atoms with E-state index in [0.29, 0.717) is 17.7 Å². The third-order valence-electron chi connectivity index (χ3n) is 5.67. The van der Waals surface area contributed by atoms with Crippen molar-refractivity contribution < 1.29 is 15.2 Å². The molecule has 0 amide bonds. The zero-order valence-corrected chi connectivity index (χ0v) is 18.6. The molecule has 0 saturated carbocycles. The lowest BCUT2D eigenvalue weighted by atomic mass is 10.2. The van der Waals surface area contributed by atoms with E-state index >= 15 is 0 Å². The normalized spacial score (nSPS) is 14.0. The van der Waals surface area contributed by atoms with Crippen molar-refractivity contribution in [2.45, 2.75) is 6.54 Å². The molecule has 182 valence electrons. The minimum Gasteiger partial charge on any atom is -0.369 e. The van der Waals surface area contributed by atoms with E-state index < -0.39 is 10.0 Å². The number of piperazine rings is 1. The minimum absolute atomic E-state index is 0.0913. The van der Waals surface area contributed by atoms with Crippen molar-refractivity contribution in [3.05, 3.63) is 71.7 Å². The Hall–Kier alpha value is -4.27. The van der Waals surface area contributed by atoms with Gasteiger partial charge in [0.1, 0.15) is 0 Å². The van der Waals surface area contributed by atoms with Crippen molar-refractivity contribution in [2.75, 3.05) is 37.6 Å². The van der Waals surface area contributed by atoms with Crippen molar-refractivity contribution in [2.24, 2.45) is 14.1 Å². The average Bonchev–Trinajstić information content (AvgIpc) is 3.24. The Balaban J connectivity index is 0.000000751. The van der Waals surface area contributed by atoms with E-state index in [4.69, 9.17) is 15.3 Å². The SMILES string of the molecule is Cn1c(=O)c2c(ncn2CCN2CCN(c3ccc([N+](=O)[O-])cc3)CC2)n(C)c1=O.O=[N+]([O-])O. The van der Waals surface area contributed by atoms with Crippen LogP contribution in [0.15, 0.2) is 40.2 Å². The van der Waals surface area contributed by atoms with Gasteiger partial charge in [0.15, 0.2) is 11.2 Å². The zero-order chi connectivity index (χ0) is 25.0. The van der Waals surface area contributed by atoms with E-state index in [2.05, 4.69) is 14.8 Å². The van der Waals surface area contributed by atoms with Crippen molar-refractivity contribution >= 4 is 22.5 Å². The van der Waals surface area contributed by atoms with Crippen LogP contribution in [0.25, 0.3) is 11.2 Å². The maximum atomic E-state index is 12.5. The zero-order valence-electron chi connectivity index (χ0n) is 18.6. The second kappa shape index (κ2) is 10.1. The smallest absolute Gasteiger partial charge is 0.332 e. The summed E-state index contributed by atoms with van der Waals surface area (Å²) in [6.45, 7) is 4.69. The molecule has 3 aromatic rings. The summed E-state index contributed by atoms with van der Waals surface area (Å²) < 4.78 is 4.29. The van der Waals surface area contributed by atoms with Gasteiger partial charge in [0.25, 0.3) is 16.3 Å². The standard InChI is InChI=1S/C19H23N7O4.HNO3/c1-21-17-16(18(27)22(2)19(21)28)25(13-20-17)12-9-23-7-10-24(11-8-23)14-3-5-15(6-4-14)26(29)30;2-1(3)4/h3-6,13H,7-12H2,1-2H3;(H,2,3,4). The van der Waals surface area contributed by atoms with Gasteiger partial charge >= 0.3 is 5.69 Å². The molecule has 4 rings (SSSR count). The molecular formula is C19H24N8O7. The number of aromatic nitrogens is 4. The summed E-state index contributed by atoms with van der Waals surface area (Å²) in [5.74, 6) is 0. The molecule has 34 heavy (non-hydrogen) atoms. The van der Waals surface area contributed by atoms with Crippen LogP contribution in [0.2, 0.25) is 0 Å². The first-order chi connectivity index (χ1) is 16.1. The van der Waals surface area contributed by atoms with E-state index in [1.807, 2.05) is 0 Å². The summed E-state index contributed by atoms with van der Waals surface area (Å²) in [5, 5.41) is 24.4. The van der Waals surface area contributed by atoms with Gasteiger partial charge in [-0.15, -0.1) is 10.1 Å². The number of anilines is 1. The number of rotatable bonds is 5. The van der Waals surface area contributed by atoms with Crippen LogP contribution < -0.4 is 16.1 Å². The quantitative estimate of drug-likeness (QED) is 0.384. The summed E-state index contributed by atoms with van der Waals surface area (Å²) in [6, 6.07) is 6.62. The molecule has 15 nitrogen and oxygen atoms in total. The molecule has 1 fully saturated rings. The molecule has 0 atom stereocenters. The van der Waals surface area contributed by atoms with Gasteiger partial charge < -0.3 is 14.7 Å². The lowest BCUT2D eigenvalue weighted by molar-refractivity contribution is -0.742. The third-order valence-corrected chi connectivity index (χ3v) is 5.67. The van der Waals surface area contributed by atoms with Crippen molar-refractivity contribution in [1.82, 2.24) is 23.6 Å². The van der Waals surface area contributed by atoms with Gasteiger partial charge in [-0.3, -0.25) is 28.9 Å². The largest absolute Gasteiger partial charge is 0.369 e. The first kappa shape index (κ1) is 24.4. The molecule has 0 aliphatic carbocycles. The molecule has 1 aliphatic rings. The minimum atomic E-state index is -1.50. The number of non-ortho nitro benzene ring substituents is 1. The summed E-state index contributed by atoms with van der Waals surface area (Å²) in [6.07, 6.45) is 1.61. The van der Waals surface area contributed by atoms with Gasteiger partial charge in [0.2, 0.25) is 0 Å². The predicted molar refractivity (Wildman–Crippen MR) is 121 cm³/mol. The Morgan fingerprint density at radius 3 is 2.12 bits per heavy atom. The van der Waals surface area contributed by atoms with Crippen molar-refractivity contribution in [3.8, 4) is 0 Å². The van der Waals surface area contributed by atoms with Gasteiger partial charge in [-0.25, -0.2) is 9.78 Å². The van der Waals surface area contributed by atoms with Crippen LogP contribution in [0.4, 0.5) is 11.4 Å². The van der Waals surface area contributed by atoms with Gasteiger partial charge in [0.05, 0.1) is 11.3 Å². The lowest BCUT2D eigenvalue weighted by Crippen LogP contribution is -2.47. The number of imidazole rings is 1. The number of benzene rings is 1. The number of hydrogen-bond donors (Lipinski definition) is 1. The first-order valence-electron chi connectivity index (χ1n) is 10.3. The second-order valence-corrected chi connectivity index (χ2v) is 7.66. The Morgan fingerprint density at radius 2 is 1.56 bits per heavy atom. The lowest BCUT2D eigenvalue weighted by Gasteiger charge is -2.36. The van der Waals surface area contributed by atoms with Gasteiger partial charge in [-0.2, -0.15) is 0 Å². The first-order valence-corrected chi connectivity index (χ1v) is 10.3. The fourth-order valence-electron chi connectivity index (χ4n) is 3.83. The highest BCUT2D eigenvalue weighted by atomic mass is 16.9. The van der Waals surface area contributed by atoms with Gasteiger partial charge in [-0.1, -0.05) is 0 Å². The van der Waals surface area contributed by atoms with Crippen LogP contribution in [-0.4, -0.2) is 71.5 Å². The molecule has 0 spiro atoms. The molecule has 1 aliphatic heterocycles. The summed E-state index contributed by atoms with van der Waals surface area (Å²) >= 11 is 0. The summed E-state index contributed by atoms with van der Waals surface area (Å²) in [7, 11) is 3.08. The monoisotopic (exact) mass is 476 g/mol. The molecular weight excluding hydrogens is 452 g/mol. The summed E-state index contributed by atoms with van der Waals surface area (Å²) in [5.41, 5.74) is 1.17. The molecule has 1 saturated heterocycles. The van der Waals surface area contributed by atoms with Crippen LogP contribution in [0.3, 0.4) is 0 Å². The Morgan fingerprint density at radius 1 is 0.971 bits per heavy atom. The molecule has 3 heterocycles. The van der Waals surface area contributed by atoms with E-state index in [1.165, 1.54) is 23.7 Å². The highest BCUT2D eigenvalue weighted by Gasteiger charge is 2.19. The number of nitrogens with zero attached hydrogens (tertiary/aromatic N) is 8. The number of nitro benzene ring substituents is 1. The van der Waals surface area contributed by atoms with Gasteiger partial charge in [-0.05, 0) is 12.1 Å². The van der Waals surface area contributed by atoms with E-state index in [1.54, 1.807) is 30.1 Å². The van der Waals surface area contributed by atoms with Crippen LogP contribution in [0, 0.1) is 20.2 Å². The molecule has 1 N–H and O–H groups in total. The molecule has 0 unspecified atom stereocenters. The maximum absolute atomic E-state index is 12.5. The van der Waals surface area contributed by atoms with Crippen LogP contribution >= 0.6 is 0 Å². The van der Waals surface area contributed by atoms with Crippen LogP contribution in [-0.2, 0) is 20.6 Å².